The molecule has 0 bridgehead atoms. The zero-order valence-electron chi connectivity index (χ0n) is 14.3. The second kappa shape index (κ2) is 6.41. The molecule has 1 aromatic carbocycles. The number of nitrogens with one attached hydrogen (secondary N) is 1. The second-order valence-electron chi connectivity index (χ2n) is 7.51. The van der Waals surface area contributed by atoms with Crippen LogP contribution in [0.4, 0.5) is 10.7 Å². The summed E-state index contributed by atoms with van der Waals surface area (Å²) in [4.78, 5) is 14.0. The number of carbonyl (C=O) groups is 1. The predicted molar refractivity (Wildman–Crippen MR) is 103 cm³/mol. The van der Waals surface area contributed by atoms with Crippen LogP contribution in [0.2, 0.25) is 5.02 Å². The van der Waals surface area contributed by atoms with Crippen LogP contribution >= 0.6 is 22.9 Å². The molecule has 0 aliphatic heterocycles. The van der Waals surface area contributed by atoms with Crippen LogP contribution < -0.4 is 11.1 Å². The van der Waals surface area contributed by atoms with Gasteiger partial charge in [0.05, 0.1) is 10.6 Å². The van der Waals surface area contributed by atoms with Gasteiger partial charge in [-0.1, -0.05) is 38.4 Å². The highest BCUT2D eigenvalue weighted by molar-refractivity contribution is 7.16. The van der Waals surface area contributed by atoms with E-state index in [9.17, 15) is 4.79 Å². The predicted octanol–water partition coefficient (Wildman–Crippen LogP) is 5.39. The fourth-order valence-corrected chi connectivity index (χ4v) is 4.74. The second-order valence-corrected chi connectivity index (χ2v) is 9.09. The van der Waals surface area contributed by atoms with Crippen LogP contribution in [0.5, 0.6) is 0 Å². The van der Waals surface area contributed by atoms with Crippen molar-refractivity contribution in [1.29, 1.82) is 0 Å². The van der Waals surface area contributed by atoms with Gasteiger partial charge in [-0.2, -0.15) is 0 Å². The molecule has 1 aliphatic carbocycles. The van der Waals surface area contributed by atoms with Crippen molar-refractivity contribution in [2.45, 2.75) is 40.0 Å². The molecule has 3 N–H and O–H groups in total. The number of thiophene rings is 1. The van der Waals surface area contributed by atoms with Gasteiger partial charge in [-0.05, 0) is 54.4 Å². The van der Waals surface area contributed by atoms with Crippen molar-refractivity contribution in [2.75, 3.05) is 11.1 Å². The first-order valence-electron chi connectivity index (χ1n) is 8.22. The number of nitrogens with two attached hydrogens (primary N) is 1. The molecule has 0 fully saturated rings. The number of anilines is 2. The lowest BCUT2D eigenvalue weighted by molar-refractivity contribution is 0.102. The maximum Gasteiger partial charge on any atom is 0.258 e. The van der Waals surface area contributed by atoms with E-state index in [0.29, 0.717) is 27.2 Å². The Bertz CT molecular complexity index is 776. The summed E-state index contributed by atoms with van der Waals surface area (Å²) in [7, 11) is 0. The topological polar surface area (TPSA) is 55.1 Å². The minimum absolute atomic E-state index is 0.138. The van der Waals surface area contributed by atoms with E-state index in [-0.39, 0.29) is 11.3 Å². The molecule has 0 saturated heterocycles. The molecule has 0 unspecified atom stereocenters. The molecular formula is C19H23ClN2OS. The van der Waals surface area contributed by atoms with E-state index < -0.39 is 0 Å². The van der Waals surface area contributed by atoms with Crippen LogP contribution in [0, 0.1) is 11.3 Å². The molecule has 1 aromatic heterocycles. The average molecular weight is 363 g/mol. The van der Waals surface area contributed by atoms with Gasteiger partial charge >= 0.3 is 0 Å². The van der Waals surface area contributed by atoms with Crippen molar-refractivity contribution in [3.8, 4) is 0 Å². The van der Waals surface area contributed by atoms with Crippen molar-refractivity contribution in [3.05, 3.63) is 45.3 Å². The van der Waals surface area contributed by atoms with Crippen molar-refractivity contribution in [2.24, 2.45) is 11.3 Å². The maximum absolute atomic E-state index is 12.7. The Balaban J connectivity index is 1.85. The third-order valence-corrected chi connectivity index (χ3v) is 6.15. The molecule has 128 valence electrons. The van der Waals surface area contributed by atoms with Gasteiger partial charge in [0, 0.05) is 15.6 Å². The number of nitrogen functional groups attached to an aromatic ring is 1. The fourth-order valence-electron chi connectivity index (χ4n) is 3.36. The molecule has 1 amide bonds. The van der Waals surface area contributed by atoms with E-state index in [4.69, 9.17) is 17.3 Å². The van der Waals surface area contributed by atoms with Crippen molar-refractivity contribution >= 4 is 39.5 Å². The summed E-state index contributed by atoms with van der Waals surface area (Å²) in [5.41, 5.74) is 8.95. The zero-order chi connectivity index (χ0) is 17.5. The van der Waals surface area contributed by atoms with E-state index >= 15 is 0 Å². The smallest absolute Gasteiger partial charge is 0.258 e. The lowest BCUT2D eigenvalue weighted by atomic mass is 9.72. The molecule has 2 aromatic rings. The van der Waals surface area contributed by atoms with Crippen LogP contribution in [0.3, 0.4) is 0 Å². The molecule has 0 radical (unpaired) electrons. The Hall–Kier alpha value is -1.52. The quantitative estimate of drug-likeness (QED) is 0.752. The van der Waals surface area contributed by atoms with Crippen LogP contribution in [-0.2, 0) is 12.8 Å². The number of carbonyl (C=O) groups excluding carboxylic acids is 1. The molecule has 3 rings (SSSR count). The van der Waals surface area contributed by atoms with Gasteiger partial charge in [0.25, 0.3) is 5.91 Å². The molecule has 3 nitrogen and oxygen atoms in total. The molecule has 0 spiro atoms. The Labute approximate surface area is 152 Å². The molecule has 1 aliphatic rings. The summed E-state index contributed by atoms with van der Waals surface area (Å²) >= 11 is 7.55. The van der Waals surface area contributed by atoms with Gasteiger partial charge in [0.15, 0.2) is 0 Å². The highest BCUT2D eigenvalue weighted by Crippen LogP contribution is 2.43. The zero-order valence-corrected chi connectivity index (χ0v) is 15.9. The van der Waals surface area contributed by atoms with Gasteiger partial charge < -0.3 is 11.1 Å². The minimum atomic E-state index is -0.138. The Morgan fingerprint density at radius 2 is 2.12 bits per heavy atom. The third kappa shape index (κ3) is 3.45. The normalized spacial score (nSPS) is 17.4. The summed E-state index contributed by atoms with van der Waals surface area (Å²) in [6.45, 7) is 6.85. The highest BCUT2D eigenvalue weighted by atomic mass is 35.5. The third-order valence-electron chi connectivity index (χ3n) is 4.83. The number of fused-ring (bicyclic) bond motifs is 1. The fraction of sp³-hybridized carbons (Fsp3) is 0.421. The Morgan fingerprint density at radius 1 is 1.38 bits per heavy atom. The van der Waals surface area contributed by atoms with Crippen LogP contribution in [0.1, 0.15) is 48.0 Å². The molecule has 24 heavy (non-hydrogen) atoms. The van der Waals surface area contributed by atoms with Gasteiger partial charge in [0.2, 0.25) is 0 Å². The lowest BCUT2D eigenvalue weighted by Crippen LogP contribution is -2.27. The molecule has 1 heterocycles. The summed E-state index contributed by atoms with van der Waals surface area (Å²) in [5, 5.41) is 4.14. The van der Waals surface area contributed by atoms with Crippen LogP contribution in [0.15, 0.2) is 24.3 Å². The molecular weight excluding hydrogens is 340 g/mol. The van der Waals surface area contributed by atoms with Crippen molar-refractivity contribution < 1.29 is 4.79 Å². The number of hydrogen-bond acceptors (Lipinski definition) is 3. The summed E-state index contributed by atoms with van der Waals surface area (Å²) < 4.78 is 0. The average Bonchev–Trinajstić information content (AvgIpc) is 2.81. The van der Waals surface area contributed by atoms with E-state index in [1.165, 1.54) is 4.88 Å². The van der Waals surface area contributed by atoms with Crippen LogP contribution in [0.25, 0.3) is 0 Å². The van der Waals surface area contributed by atoms with Gasteiger partial charge in [-0.15, -0.1) is 11.3 Å². The first-order valence-corrected chi connectivity index (χ1v) is 9.42. The van der Waals surface area contributed by atoms with Gasteiger partial charge in [-0.25, -0.2) is 0 Å². The SMILES string of the molecule is CC(C)(C)[C@H]1CCc2c(sc(N)c2C(=O)Nc2cccc(Cl)c2)C1. The summed E-state index contributed by atoms with van der Waals surface area (Å²) in [5.74, 6) is 0.494. The number of hydrogen-bond donors (Lipinski definition) is 2. The van der Waals surface area contributed by atoms with E-state index in [1.807, 2.05) is 12.1 Å². The van der Waals surface area contributed by atoms with E-state index in [0.717, 1.165) is 24.8 Å². The van der Waals surface area contributed by atoms with Gasteiger partial charge in [0.1, 0.15) is 0 Å². The first kappa shape index (κ1) is 17.3. The van der Waals surface area contributed by atoms with Gasteiger partial charge in [-0.3, -0.25) is 4.79 Å². The van der Waals surface area contributed by atoms with Crippen molar-refractivity contribution in [1.82, 2.24) is 0 Å². The minimum Gasteiger partial charge on any atom is -0.390 e. The largest absolute Gasteiger partial charge is 0.390 e. The number of benzene rings is 1. The van der Waals surface area contributed by atoms with Crippen LogP contribution in [-0.4, -0.2) is 5.91 Å². The summed E-state index contributed by atoms with van der Waals surface area (Å²) in [6, 6.07) is 7.17. The Morgan fingerprint density at radius 3 is 2.79 bits per heavy atom. The Kier molecular flexibility index (Phi) is 4.63. The van der Waals surface area contributed by atoms with E-state index in [1.54, 1.807) is 23.5 Å². The summed E-state index contributed by atoms with van der Waals surface area (Å²) in [6.07, 6.45) is 3.03. The number of halogens is 1. The lowest BCUT2D eigenvalue weighted by Gasteiger charge is -2.33. The number of rotatable bonds is 2. The monoisotopic (exact) mass is 362 g/mol. The number of amides is 1. The molecule has 5 heteroatoms. The van der Waals surface area contributed by atoms with Crippen molar-refractivity contribution in [3.63, 3.8) is 0 Å². The van der Waals surface area contributed by atoms with E-state index in [2.05, 4.69) is 26.1 Å². The maximum atomic E-state index is 12.7. The molecule has 0 saturated carbocycles. The highest BCUT2D eigenvalue weighted by Gasteiger charge is 2.33. The molecule has 1 atom stereocenters. The first-order chi connectivity index (χ1) is 11.3. The standard InChI is InChI=1S/C19H23ClN2OS/c1-19(2,3)11-7-8-14-15(9-11)24-17(21)16(14)18(23)22-13-6-4-5-12(20)10-13/h4-6,10-11H,7-9,21H2,1-3H3,(H,22,23)/t11-/m0/s1.